The molecule has 0 aliphatic carbocycles. The van der Waals surface area contributed by atoms with Crippen LogP contribution in [0.2, 0.25) is 5.02 Å². The number of rotatable bonds is 6. The zero-order valence-electron chi connectivity index (χ0n) is 13.2. The molecule has 0 fully saturated rings. The Morgan fingerprint density at radius 3 is 2.50 bits per heavy atom. The van der Waals surface area contributed by atoms with Crippen molar-refractivity contribution in [1.29, 1.82) is 0 Å². The van der Waals surface area contributed by atoms with Crippen LogP contribution in [0.1, 0.15) is 29.4 Å². The van der Waals surface area contributed by atoms with Gasteiger partial charge in [-0.15, -0.1) is 0 Å². The number of nitrogens with zero attached hydrogens (tertiary/aromatic N) is 1. The van der Waals surface area contributed by atoms with E-state index in [-0.39, 0.29) is 0 Å². The molecule has 0 radical (unpaired) electrons. The molecule has 2 aromatic rings. The van der Waals surface area contributed by atoms with Crippen LogP contribution in [0, 0.1) is 6.92 Å². The molecule has 0 aliphatic rings. The molecular weight excluding hydrogens is 336 g/mol. The minimum Gasteiger partial charge on any atom is -0.481 e. The molecule has 3 N–H and O–H groups in total. The van der Waals surface area contributed by atoms with Gasteiger partial charge < -0.3 is 20.1 Å². The maximum absolute atomic E-state index is 12.6. The molecule has 128 valence electrons. The van der Waals surface area contributed by atoms with Gasteiger partial charge in [-0.2, -0.15) is 0 Å². The van der Waals surface area contributed by atoms with Crippen molar-refractivity contribution >= 4 is 40.3 Å². The van der Waals surface area contributed by atoms with Gasteiger partial charge in [0.1, 0.15) is 11.7 Å². The number of aromatic nitrogens is 1. The normalized spacial score (nSPS) is 12.1. The van der Waals surface area contributed by atoms with Gasteiger partial charge >= 0.3 is 11.9 Å². The predicted molar refractivity (Wildman–Crippen MR) is 88.5 cm³/mol. The fraction of sp³-hybridized carbons (Fsp3) is 0.312. The number of aryl methyl sites for hydroxylation is 2. The highest BCUT2D eigenvalue weighted by Gasteiger charge is 2.27. The van der Waals surface area contributed by atoms with Crippen molar-refractivity contribution in [3.8, 4) is 0 Å². The predicted octanol–water partition coefficient (Wildman–Crippen LogP) is 2.28. The molecule has 0 spiro atoms. The lowest BCUT2D eigenvalue weighted by Crippen LogP contribution is -2.43. The van der Waals surface area contributed by atoms with Crippen molar-refractivity contribution in [2.24, 2.45) is 0 Å². The largest absolute Gasteiger partial charge is 0.481 e. The first-order valence-corrected chi connectivity index (χ1v) is 7.67. The molecule has 0 saturated heterocycles. The number of aliphatic carboxylic acids is 2. The summed E-state index contributed by atoms with van der Waals surface area (Å²) in [5, 5.41) is 21.5. The highest BCUT2D eigenvalue weighted by molar-refractivity contribution is 6.31. The summed E-state index contributed by atoms with van der Waals surface area (Å²) in [7, 11) is 0. The van der Waals surface area contributed by atoms with E-state index in [1.807, 2.05) is 6.92 Å². The maximum Gasteiger partial charge on any atom is 0.326 e. The molecule has 8 heteroatoms. The Morgan fingerprint density at radius 1 is 1.29 bits per heavy atom. The standard InChI is InChI=1S/C16H17ClN2O5/c1-3-19-12-5-4-9(17)6-10(12)8(2)14(19)15(22)18-11(16(23)24)7-13(20)21/h4-6,11H,3,7H2,1-2H3,(H,18,22)(H,20,21)(H,23,24). The second-order valence-electron chi connectivity index (χ2n) is 5.34. The lowest BCUT2D eigenvalue weighted by Gasteiger charge is -2.14. The lowest BCUT2D eigenvalue weighted by molar-refractivity contribution is -0.145. The van der Waals surface area contributed by atoms with Crippen LogP contribution < -0.4 is 5.32 Å². The number of benzene rings is 1. The number of halogens is 1. The SMILES string of the molecule is CCn1c(C(=O)NC(CC(=O)O)C(=O)O)c(C)c2cc(Cl)ccc21. The van der Waals surface area contributed by atoms with Gasteiger partial charge in [-0.3, -0.25) is 9.59 Å². The highest BCUT2D eigenvalue weighted by atomic mass is 35.5. The first kappa shape index (κ1) is 17.8. The maximum atomic E-state index is 12.6. The van der Waals surface area contributed by atoms with Gasteiger partial charge in [-0.1, -0.05) is 11.6 Å². The van der Waals surface area contributed by atoms with Crippen molar-refractivity contribution in [1.82, 2.24) is 9.88 Å². The Labute approximate surface area is 142 Å². The van der Waals surface area contributed by atoms with E-state index in [4.69, 9.17) is 21.8 Å². The molecule has 1 amide bonds. The Hall–Kier alpha value is -2.54. The van der Waals surface area contributed by atoms with Crippen LogP contribution >= 0.6 is 11.6 Å². The Bertz CT molecular complexity index is 827. The summed E-state index contributed by atoms with van der Waals surface area (Å²) in [5.41, 5.74) is 1.76. The van der Waals surface area contributed by atoms with Crippen LogP contribution in [0.15, 0.2) is 18.2 Å². The molecule has 0 aliphatic heterocycles. The van der Waals surface area contributed by atoms with E-state index < -0.39 is 30.3 Å². The molecule has 24 heavy (non-hydrogen) atoms. The third-order valence-corrected chi connectivity index (χ3v) is 4.03. The van der Waals surface area contributed by atoms with E-state index in [0.29, 0.717) is 22.8 Å². The van der Waals surface area contributed by atoms with Crippen LogP contribution in [0.5, 0.6) is 0 Å². The number of hydrogen-bond donors (Lipinski definition) is 3. The number of nitrogens with one attached hydrogen (secondary N) is 1. The molecule has 1 aromatic heterocycles. The van der Waals surface area contributed by atoms with Gasteiger partial charge in [0.15, 0.2) is 0 Å². The molecule has 1 heterocycles. The monoisotopic (exact) mass is 352 g/mol. The number of carbonyl (C=O) groups excluding carboxylic acids is 1. The summed E-state index contributed by atoms with van der Waals surface area (Å²) in [4.78, 5) is 34.5. The second kappa shape index (κ2) is 6.92. The molecule has 0 saturated carbocycles. The first-order chi connectivity index (χ1) is 11.3. The van der Waals surface area contributed by atoms with Crippen molar-refractivity contribution in [3.63, 3.8) is 0 Å². The summed E-state index contributed by atoms with van der Waals surface area (Å²) in [6.07, 6.45) is -0.696. The summed E-state index contributed by atoms with van der Waals surface area (Å²) in [5.74, 6) is -3.33. The molecule has 0 bridgehead atoms. The Morgan fingerprint density at radius 2 is 1.96 bits per heavy atom. The summed E-state index contributed by atoms with van der Waals surface area (Å²) < 4.78 is 1.75. The number of fused-ring (bicyclic) bond motifs is 1. The van der Waals surface area contributed by atoms with Crippen LogP contribution in [0.4, 0.5) is 0 Å². The van der Waals surface area contributed by atoms with Gasteiger partial charge in [-0.25, -0.2) is 4.79 Å². The minimum absolute atomic E-state index is 0.298. The molecule has 1 atom stereocenters. The number of carboxylic acid groups (broad SMARTS) is 2. The fourth-order valence-electron chi connectivity index (χ4n) is 2.72. The minimum atomic E-state index is -1.50. The van der Waals surface area contributed by atoms with Gasteiger partial charge in [0.2, 0.25) is 0 Å². The van der Waals surface area contributed by atoms with Crippen LogP contribution in [0.25, 0.3) is 10.9 Å². The van der Waals surface area contributed by atoms with Crippen LogP contribution in [0.3, 0.4) is 0 Å². The molecule has 1 aromatic carbocycles. The topological polar surface area (TPSA) is 109 Å². The Balaban J connectivity index is 2.47. The first-order valence-electron chi connectivity index (χ1n) is 7.30. The van der Waals surface area contributed by atoms with Gasteiger partial charge in [0.25, 0.3) is 5.91 Å². The summed E-state index contributed by atoms with van der Waals surface area (Å²) in [6.45, 7) is 4.09. The second-order valence-corrected chi connectivity index (χ2v) is 5.78. The van der Waals surface area contributed by atoms with E-state index >= 15 is 0 Å². The average Bonchev–Trinajstić information content (AvgIpc) is 2.78. The van der Waals surface area contributed by atoms with Crippen molar-refractivity contribution in [3.05, 3.63) is 34.5 Å². The highest BCUT2D eigenvalue weighted by Crippen LogP contribution is 2.28. The van der Waals surface area contributed by atoms with Gasteiger partial charge in [0, 0.05) is 22.5 Å². The van der Waals surface area contributed by atoms with Crippen molar-refractivity contribution in [2.75, 3.05) is 0 Å². The number of carbonyl (C=O) groups is 3. The van der Waals surface area contributed by atoms with E-state index in [1.165, 1.54) is 0 Å². The van der Waals surface area contributed by atoms with Crippen LogP contribution in [-0.4, -0.2) is 38.7 Å². The van der Waals surface area contributed by atoms with Gasteiger partial charge in [0.05, 0.1) is 6.42 Å². The molecule has 2 rings (SSSR count). The molecule has 7 nitrogen and oxygen atoms in total. The quantitative estimate of drug-likeness (QED) is 0.739. The average molecular weight is 353 g/mol. The van der Waals surface area contributed by atoms with E-state index in [9.17, 15) is 14.4 Å². The van der Waals surface area contributed by atoms with E-state index in [2.05, 4.69) is 5.32 Å². The number of amides is 1. The third-order valence-electron chi connectivity index (χ3n) is 3.79. The van der Waals surface area contributed by atoms with E-state index in [0.717, 1.165) is 10.9 Å². The zero-order chi connectivity index (χ0) is 18.0. The van der Waals surface area contributed by atoms with E-state index in [1.54, 1.807) is 29.7 Å². The van der Waals surface area contributed by atoms with Gasteiger partial charge in [-0.05, 0) is 37.6 Å². The summed E-state index contributed by atoms with van der Waals surface area (Å²) in [6, 6.07) is 3.74. The molecule has 1 unspecified atom stereocenters. The number of carboxylic acids is 2. The zero-order valence-corrected chi connectivity index (χ0v) is 13.9. The molecular formula is C16H17ClN2O5. The van der Waals surface area contributed by atoms with Crippen molar-refractivity contribution in [2.45, 2.75) is 32.9 Å². The number of hydrogen-bond acceptors (Lipinski definition) is 3. The third kappa shape index (κ3) is 3.35. The lowest BCUT2D eigenvalue weighted by atomic mass is 10.1. The van der Waals surface area contributed by atoms with Crippen molar-refractivity contribution < 1.29 is 24.6 Å². The fourth-order valence-corrected chi connectivity index (χ4v) is 2.89. The Kier molecular flexibility index (Phi) is 5.14. The smallest absolute Gasteiger partial charge is 0.326 e. The van der Waals surface area contributed by atoms with Crippen LogP contribution in [-0.2, 0) is 16.1 Å². The summed E-state index contributed by atoms with van der Waals surface area (Å²) >= 11 is 6.01.